The standard InChI is InChI=1S/C20H15Cl2FN4O2/c21-13-5-2-1-4-12(13)11-27-9-8-18(25-27)24-20(28)17-10-16(26-29-17)19-14(22)6-3-7-15(19)23/h1-9,17H,10-11H2,(H,24,25,28). The zero-order valence-electron chi connectivity index (χ0n) is 15.0. The number of oxime groups is 1. The molecule has 0 spiro atoms. The van der Waals surface area contributed by atoms with E-state index in [1.165, 1.54) is 12.1 Å². The molecule has 0 bridgehead atoms. The molecule has 9 heteroatoms. The number of benzene rings is 2. The summed E-state index contributed by atoms with van der Waals surface area (Å²) in [4.78, 5) is 17.7. The molecule has 148 valence electrons. The van der Waals surface area contributed by atoms with Crippen LogP contribution in [0.2, 0.25) is 10.0 Å². The molecule has 0 radical (unpaired) electrons. The number of hydrogen-bond acceptors (Lipinski definition) is 4. The lowest BCUT2D eigenvalue weighted by Crippen LogP contribution is -2.28. The lowest BCUT2D eigenvalue weighted by Gasteiger charge is -2.08. The zero-order valence-corrected chi connectivity index (χ0v) is 16.5. The first-order valence-electron chi connectivity index (χ1n) is 8.76. The van der Waals surface area contributed by atoms with Crippen LogP contribution in [0.1, 0.15) is 17.5 Å². The number of nitrogens with zero attached hydrogens (tertiary/aromatic N) is 3. The highest BCUT2D eigenvalue weighted by Gasteiger charge is 2.31. The van der Waals surface area contributed by atoms with Crippen molar-refractivity contribution in [2.24, 2.45) is 5.16 Å². The van der Waals surface area contributed by atoms with Crippen molar-refractivity contribution in [2.75, 3.05) is 5.32 Å². The van der Waals surface area contributed by atoms with Gasteiger partial charge in [-0.3, -0.25) is 9.48 Å². The second-order valence-corrected chi connectivity index (χ2v) is 7.23. The Hall–Kier alpha value is -2.90. The molecule has 6 nitrogen and oxygen atoms in total. The first-order valence-corrected chi connectivity index (χ1v) is 9.51. The minimum Gasteiger partial charge on any atom is -0.382 e. The third-order valence-electron chi connectivity index (χ3n) is 4.39. The lowest BCUT2D eigenvalue weighted by atomic mass is 10.0. The van der Waals surface area contributed by atoms with Crippen LogP contribution in [0.5, 0.6) is 0 Å². The highest BCUT2D eigenvalue weighted by atomic mass is 35.5. The van der Waals surface area contributed by atoms with Gasteiger partial charge in [-0.05, 0) is 23.8 Å². The molecule has 0 saturated heterocycles. The molecule has 4 rings (SSSR count). The molecule has 0 fully saturated rings. The van der Waals surface area contributed by atoms with Gasteiger partial charge in [-0.15, -0.1) is 0 Å². The monoisotopic (exact) mass is 432 g/mol. The SMILES string of the molecule is O=C(Nc1ccn(Cc2ccccc2Cl)n1)C1CC(c2c(F)cccc2Cl)=NO1. The summed E-state index contributed by atoms with van der Waals surface area (Å²) < 4.78 is 15.7. The molecule has 1 N–H and O–H groups in total. The van der Waals surface area contributed by atoms with Gasteiger partial charge in [-0.25, -0.2) is 4.39 Å². The van der Waals surface area contributed by atoms with Gasteiger partial charge in [0.15, 0.2) is 5.82 Å². The maximum absolute atomic E-state index is 14.0. The van der Waals surface area contributed by atoms with Crippen molar-refractivity contribution in [3.8, 4) is 0 Å². The Kier molecular flexibility index (Phi) is 5.51. The van der Waals surface area contributed by atoms with E-state index in [0.29, 0.717) is 17.4 Å². The van der Waals surface area contributed by atoms with E-state index in [1.807, 2.05) is 18.2 Å². The molecule has 1 aliphatic heterocycles. The average molecular weight is 433 g/mol. The van der Waals surface area contributed by atoms with E-state index in [-0.39, 0.29) is 22.7 Å². The van der Waals surface area contributed by atoms with Crippen LogP contribution in [-0.4, -0.2) is 27.5 Å². The van der Waals surface area contributed by atoms with Crippen LogP contribution in [0.25, 0.3) is 0 Å². The second kappa shape index (κ2) is 8.23. The molecule has 2 heterocycles. The number of hydrogen-bond donors (Lipinski definition) is 1. The van der Waals surface area contributed by atoms with Crippen molar-refractivity contribution < 1.29 is 14.0 Å². The Balaban J connectivity index is 1.39. The molecular weight excluding hydrogens is 418 g/mol. The molecule has 3 aromatic rings. The van der Waals surface area contributed by atoms with Crippen LogP contribution in [0, 0.1) is 5.82 Å². The maximum Gasteiger partial charge on any atom is 0.269 e. The summed E-state index contributed by atoms with van der Waals surface area (Å²) >= 11 is 12.2. The predicted octanol–water partition coefficient (Wildman–Crippen LogP) is 4.51. The lowest BCUT2D eigenvalue weighted by molar-refractivity contribution is -0.125. The largest absolute Gasteiger partial charge is 0.382 e. The number of amides is 1. The van der Waals surface area contributed by atoms with Crippen LogP contribution in [-0.2, 0) is 16.2 Å². The fourth-order valence-corrected chi connectivity index (χ4v) is 3.43. The smallest absolute Gasteiger partial charge is 0.269 e. The fraction of sp³-hybridized carbons (Fsp3) is 0.150. The molecule has 1 amide bonds. The number of halogens is 3. The summed E-state index contributed by atoms with van der Waals surface area (Å²) in [6.45, 7) is 0.467. The van der Waals surface area contributed by atoms with E-state index >= 15 is 0 Å². The number of aromatic nitrogens is 2. The van der Waals surface area contributed by atoms with Crippen LogP contribution < -0.4 is 5.32 Å². The number of carbonyl (C=O) groups excluding carboxylic acids is 1. The summed E-state index contributed by atoms with van der Waals surface area (Å²) in [5, 5.41) is 11.7. The van der Waals surface area contributed by atoms with Crippen LogP contribution in [0.4, 0.5) is 10.2 Å². The predicted molar refractivity (Wildman–Crippen MR) is 109 cm³/mol. The molecule has 2 aromatic carbocycles. The van der Waals surface area contributed by atoms with E-state index in [4.69, 9.17) is 28.0 Å². The van der Waals surface area contributed by atoms with Gasteiger partial charge in [-0.2, -0.15) is 5.10 Å². The van der Waals surface area contributed by atoms with Crippen molar-refractivity contribution in [3.05, 3.63) is 81.7 Å². The van der Waals surface area contributed by atoms with Crippen molar-refractivity contribution >= 4 is 40.6 Å². The summed E-state index contributed by atoms with van der Waals surface area (Å²) in [6.07, 6.45) is 0.942. The maximum atomic E-state index is 14.0. The number of rotatable bonds is 5. The molecule has 1 aliphatic rings. The highest BCUT2D eigenvalue weighted by Crippen LogP contribution is 2.26. The van der Waals surface area contributed by atoms with Crippen molar-refractivity contribution in [3.63, 3.8) is 0 Å². The van der Waals surface area contributed by atoms with Crippen molar-refractivity contribution in [1.29, 1.82) is 0 Å². The zero-order chi connectivity index (χ0) is 20.4. The molecule has 1 unspecified atom stereocenters. The Morgan fingerprint density at radius 1 is 1.17 bits per heavy atom. The van der Waals surface area contributed by atoms with E-state index in [2.05, 4.69) is 15.6 Å². The van der Waals surface area contributed by atoms with E-state index in [9.17, 15) is 9.18 Å². The number of anilines is 1. The topological polar surface area (TPSA) is 68.5 Å². The first kappa shape index (κ1) is 19.4. The number of nitrogens with one attached hydrogen (secondary N) is 1. The molecular formula is C20H15Cl2FN4O2. The van der Waals surface area contributed by atoms with Gasteiger partial charge in [0.2, 0.25) is 6.10 Å². The summed E-state index contributed by atoms with van der Waals surface area (Å²) in [6, 6.07) is 13.5. The first-order chi connectivity index (χ1) is 14.0. The third kappa shape index (κ3) is 4.26. The highest BCUT2D eigenvalue weighted by molar-refractivity contribution is 6.34. The minimum absolute atomic E-state index is 0.104. The third-order valence-corrected chi connectivity index (χ3v) is 5.08. The molecule has 0 saturated carbocycles. The second-order valence-electron chi connectivity index (χ2n) is 6.41. The van der Waals surface area contributed by atoms with Gasteiger partial charge in [0.25, 0.3) is 5.91 Å². The minimum atomic E-state index is -0.894. The van der Waals surface area contributed by atoms with Gasteiger partial charge in [0.05, 0.1) is 22.8 Å². The molecule has 29 heavy (non-hydrogen) atoms. The van der Waals surface area contributed by atoms with Gasteiger partial charge in [0, 0.05) is 23.7 Å². The quantitative estimate of drug-likeness (QED) is 0.644. The van der Waals surface area contributed by atoms with Crippen molar-refractivity contribution in [2.45, 2.75) is 19.1 Å². The Labute approximate surface area is 175 Å². The van der Waals surface area contributed by atoms with E-state index in [1.54, 1.807) is 29.1 Å². The Morgan fingerprint density at radius 3 is 2.76 bits per heavy atom. The van der Waals surface area contributed by atoms with Gasteiger partial charge in [-0.1, -0.05) is 52.6 Å². The fourth-order valence-electron chi connectivity index (χ4n) is 2.96. The van der Waals surface area contributed by atoms with Gasteiger partial charge >= 0.3 is 0 Å². The molecule has 1 atom stereocenters. The Bertz CT molecular complexity index is 1080. The normalized spacial score (nSPS) is 15.7. The number of carbonyl (C=O) groups is 1. The summed E-state index contributed by atoms with van der Waals surface area (Å²) in [5.74, 6) is -0.582. The van der Waals surface area contributed by atoms with E-state index in [0.717, 1.165) is 5.56 Å². The molecule has 0 aliphatic carbocycles. The van der Waals surface area contributed by atoms with E-state index < -0.39 is 17.8 Å². The van der Waals surface area contributed by atoms with Crippen LogP contribution >= 0.6 is 23.2 Å². The van der Waals surface area contributed by atoms with Crippen LogP contribution in [0.15, 0.2) is 59.9 Å². The Morgan fingerprint density at radius 2 is 1.97 bits per heavy atom. The van der Waals surface area contributed by atoms with Gasteiger partial charge < -0.3 is 10.2 Å². The molecule has 1 aromatic heterocycles. The van der Waals surface area contributed by atoms with Crippen LogP contribution in [0.3, 0.4) is 0 Å². The van der Waals surface area contributed by atoms with Crippen molar-refractivity contribution in [1.82, 2.24) is 9.78 Å². The summed E-state index contributed by atoms with van der Waals surface area (Å²) in [5.41, 5.74) is 1.35. The van der Waals surface area contributed by atoms with Gasteiger partial charge in [0.1, 0.15) is 5.82 Å². The summed E-state index contributed by atoms with van der Waals surface area (Å²) in [7, 11) is 0. The average Bonchev–Trinajstić information content (AvgIpc) is 3.33.